The number of benzene rings is 3. The van der Waals surface area contributed by atoms with Gasteiger partial charge in [-0.15, -0.1) is 0 Å². The summed E-state index contributed by atoms with van der Waals surface area (Å²) in [7, 11) is -3.78. The molecule has 0 fully saturated rings. The first kappa shape index (κ1) is 22.6. The molecule has 0 saturated carbocycles. The van der Waals surface area contributed by atoms with Gasteiger partial charge in [0, 0.05) is 24.3 Å². The van der Waals surface area contributed by atoms with Crippen LogP contribution in [0, 0.1) is 13.8 Å². The second-order valence-corrected chi connectivity index (χ2v) is 9.88. The Bertz CT molecular complexity index is 1330. The molecule has 0 unspecified atom stereocenters. The van der Waals surface area contributed by atoms with Crippen LogP contribution in [-0.4, -0.2) is 37.4 Å². The highest BCUT2D eigenvalue weighted by molar-refractivity contribution is 7.92. The number of carbonyl (C=O) groups excluding carboxylic acids is 1. The SMILES string of the molecule is Cc1ccc(C)c(S(=O)(=O)Nc2cccc(C(=O)N3CC=C(c4ccc(O)cc4)CC3)c2)c1. The summed E-state index contributed by atoms with van der Waals surface area (Å²) in [6, 6.07) is 18.9. The third kappa shape index (κ3) is 5.09. The largest absolute Gasteiger partial charge is 0.508 e. The van der Waals surface area contributed by atoms with Gasteiger partial charge in [0.1, 0.15) is 5.75 Å². The third-order valence-corrected chi connectivity index (χ3v) is 7.25. The second kappa shape index (κ2) is 9.11. The number of phenols is 1. The van der Waals surface area contributed by atoms with Crippen LogP contribution in [0.15, 0.2) is 77.7 Å². The molecule has 0 bridgehead atoms. The van der Waals surface area contributed by atoms with E-state index in [2.05, 4.69) is 4.72 Å². The van der Waals surface area contributed by atoms with E-state index >= 15 is 0 Å². The lowest BCUT2D eigenvalue weighted by Crippen LogP contribution is -2.34. The summed E-state index contributed by atoms with van der Waals surface area (Å²) in [5.74, 6) is 0.0730. The summed E-state index contributed by atoms with van der Waals surface area (Å²) in [5, 5.41) is 9.46. The molecule has 4 rings (SSSR count). The number of carbonyl (C=O) groups is 1. The number of phenolic OH excluding ortho intramolecular Hbond substituents is 1. The number of sulfonamides is 1. The Morgan fingerprint density at radius 3 is 2.45 bits per heavy atom. The number of hydrogen-bond acceptors (Lipinski definition) is 4. The topological polar surface area (TPSA) is 86.7 Å². The molecule has 3 aromatic rings. The number of aromatic hydroxyl groups is 1. The summed E-state index contributed by atoms with van der Waals surface area (Å²) >= 11 is 0. The van der Waals surface area contributed by atoms with Crippen LogP contribution in [0.4, 0.5) is 5.69 Å². The average Bonchev–Trinajstić information content (AvgIpc) is 2.80. The molecular weight excluding hydrogens is 436 g/mol. The van der Waals surface area contributed by atoms with E-state index in [1.807, 2.05) is 31.2 Å². The van der Waals surface area contributed by atoms with Crippen LogP contribution in [0.2, 0.25) is 0 Å². The molecule has 1 aliphatic heterocycles. The van der Waals surface area contributed by atoms with Gasteiger partial charge >= 0.3 is 0 Å². The van der Waals surface area contributed by atoms with Gasteiger partial charge in [0.05, 0.1) is 4.90 Å². The number of anilines is 1. The fourth-order valence-electron chi connectivity index (χ4n) is 3.90. The van der Waals surface area contributed by atoms with E-state index in [0.29, 0.717) is 36.3 Å². The Morgan fingerprint density at radius 2 is 1.76 bits per heavy atom. The van der Waals surface area contributed by atoms with Crippen molar-refractivity contribution in [3.05, 3.63) is 95.1 Å². The van der Waals surface area contributed by atoms with E-state index < -0.39 is 10.0 Å². The molecule has 0 spiro atoms. The number of aryl methyl sites for hydroxylation is 2. The zero-order valence-corrected chi connectivity index (χ0v) is 19.4. The Kier molecular flexibility index (Phi) is 6.24. The second-order valence-electron chi connectivity index (χ2n) is 8.23. The molecule has 2 N–H and O–H groups in total. The predicted octanol–water partition coefficient (Wildman–Crippen LogP) is 4.74. The minimum Gasteiger partial charge on any atom is -0.508 e. The van der Waals surface area contributed by atoms with Gasteiger partial charge < -0.3 is 10.0 Å². The maximum atomic E-state index is 13.1. The number of amides is 1. The number of hydrogen-bond donors (Lipinski definition) is 2. The summed E-state index contributed by atoms with van der Waals surface area (Å²) in [6.45, 7) is 4.62. The zero-order chi connectivity index (χ0) is 23.6. The lowest BCUT2D eigenvalue weighted by molar-refractivity contribution is 0.0773. The molecule has 6 nitrogen and oxygen atoms in total. The average molecular weight is 463 g/mol. The number of rotatable bonds is 5. The van der Waals surface area contributed by atoms with E-state index in [1.165, 1.54) is 0 Å². The Labute approximate surface area is 194 Å². The zero-order valence-electron chi connectivity index (χ0n) is 18.6. The fraction of sp³-hybridized carbons (Fsp3) is 0.192. The van der Waals surface area contributed by atoms with Gasteiger partial charge in [-0.2, -0.15) is 0 Å². The monoisotopic (exact) mass is 462 g/mol. The van der Waals surface area contributed by atoms with Gasteiger partial charge in [-0.3, -0.25) is 9.52 Å². The highest BCUT2D eigenvalue weighted by Gasteiger charge is 2.21. The van der Waals surface area contributed by atoms with Crippen molar-refractivity contribution in [2.45, 2.75) is 25.2 Å². The minimum absolute atomic E-state index is 0.149. The van der Waals surface area contributed by atoms with Gasteiger partial charge in [0.15, 0.2) is 0 Å². The van der Waals surface area contributed by atoms with Crippen LogP contribution < -0.4 is 4.72 Å². The van der Waals surface area contributed by atoms with E-state index in [4.69, 9.17) is 0 Å². The standard InChI is InChI=1S/C26H26N2O4S/c1-18-6-7-19(2)25(16-18)33(31,32)27-23-5-3-4-22(17-23)26(30)28-14-12-21(13-15-28)20-8-10-24(29)11-9-20/h3-12,16-17,27,29H,13-15H2,1-2H3. The van der Waals surface area contributed by atoms with Crippen LogP contribution in [0.25, 0.3) is 5.57 Å². The predicted molar refractivity (Wildman–Crippen MR) is 130 cm³/mol. The maximum absolute atomic E-state index is 13.1. The van der Waals surface area contributed by atoms with Gasteiger partial charge in [-0.05, 0) is 78.9 Å². The first-order valence-electron chi connectivity index (χ1n) is 10.7. The van der Waals surface area contributed by atoms with Crippen molar-refractivity contribution < 1.29 is 18.3 Å². The van der Waals surface area contributed by atoms with Crippen LogP contribution >= 0.6 is 0 Å². The van der Waals surface area contributed by atoms with Crippen LogP contribution in [0.5, 0.6) is 5.75 Å². The van der Waals surface area contributed by atoms with Gasteiger partial charge in [-0.1, -0.05) is 36.4 Å². The number of nitrogens with one attached hydrogen (secondary N) is 1. The lowest BCUT2D eigenvalue weighted by atomic mass is 9.99. The highest BCUT2D eigenvalue weighted by atomic mass is 32.2. The van der Waals surface area contributed by atoms with Crippen LogP contribution in [0.1, 0.15) is 33.5 Å². The summed E-state index contributed by atoms with van der Waals surface area (Å²) in [4.78, 5) is 15.0. The molecule has 1 aliphatic rings. The lowest BCUT2D eigenvalue weighted by Gasteiger charge is -2.27. The van der Waals surface area contributed by atoms with Crippen molar-refractivity contribution in [1.82, 2.24) is 4.90 Å². The molecule has 0 aliphatic carbocycles. The Balaban J connectivity index is 1.49. The van der Waals surface area contributed by atoms with Crippen LogP contribution in [-0.2, 0) is 10.0 Å². The molecule has 33 heavy (non-hydrogen) atoms. The van der Waals surface area contributed by atoms with Crippen molar-refractivity contribution >= 4 is 27.2 Å². The molecular formula is C26H26N2O4S. The third-order valence-electron chi connectivity index (χ3n) is 5.73. The maximum Gasteiger partial charge on any atom is 0.262 e. The first-order valence-corrected chi connectivity index (χ1v) is 12.2. The highest BCUT2D eigenvalue weighted by Crippen LogP contribution is 2.26. The number of nitrogens with zero attached hydrogens (tertiary/aromatic N) is 1. The van der Waals surface area contributed by atoms with Crippen molar-refractivity contribution in [2.75, 3.05) is 17.8 Å². The normalized spacial score (nSPS) is 14.0. The minimum atomic E-state index is -3.78. The van der Waals surface area contributed by atoms with E-state index in [-0.39, 0.29) is 16.6 Å². The molecule has 1 amide bonds. The van der Waals surface area contributed by atoms with E-state index in [1.54, 1.807) is 60.4 Å². The molecule has 0 atom stereocenters. The molecule has 3 aromatic carbocycles. The van der Waals surface area contributed by atoms with Gasteiger partial charge in [-0.25, -0.2) is 8.42 Å². The van der Waals surface area contributed by atoms with E-state index in [0.717, 1.165) is 16.7 Å². The van der Waals surface area contributed by atoms with Gasteiger partial charge in [0.25, 0.3) is 15.9 Å². The molecule has 170 valence electrons. The molecule has 0 saturated heterocycles. The smallest absolute Gasteiger partial charge is 0.262 e. The van der Waals surface area contributed by atoms with Gasteiger partial charge in [0.2, 0.25) is 0 Å². The van der Waals surface area contributed by atoms with Crippen molar-refractivity contribution in [3.63, 3.8) is 0 Å². The summed E-state index contributed by atoms with van der Waals surface area (Å²) in [6.07, 6.45) is 2.72. The Hall–Kier alpha value is -3.58. The van der Waals surface area contributed by atoms with Crippen molar-refractivity contribution in [2.24, 2.45) is 0 Å². The van der Waals surface area contributed by atoms with Crippen molar-refractivity contribution in [3.8, 4) is 5.75 Å². The first-order chi connectivity index (χ1) is 15.7. The molecule has 1 heterocycles. The Morgan fingerprint density at radius 1 is 1.00 bits per heavy atom. The summed E-state index contributed by atoms with van der Waals surface area (Å²) in [5.41, 5.74) is 4.45. The molecule has 0 radical (unpaired) electrons. The summed E-state index contributed by atoms with van der Waals surface area (Å²) < 4.78 is 28.4. The molecule has 0 aromatic heterocycles. The van der Waals surface area contributed by atoms with Crippen LogP contribution in [0.3, 0.4) is 0 Å². The fourth-order valence-corrected chi connectivity index (χ4v) is 5.28. The van der Waals surface area contributed by atoms with E-state index in [9.17, 15) is 18.3 Å². The molecule has 7 heteroatoms. The van der Waals surface area contributed by atoms with Crippen molar-refractivity contribution in [1.29, 1.82) is 0 Å². The quantitative estimate of drug-likeness (QED) is 0.573.